The third kappa shape index (κ3) is 2.66. The molecule has 0 aliphatic carbocycles. The van der Waals surface area contributed by atoms with Crippen LogP contribution in [0.4, 0.5) is 0 Å². The van der Waals surface area contributed by atoms with Crippen molar-refractivity contribution in [3.63, 3.8) is 0 Å². The van der Waals surface area contributed by atoms with E-state index in [2.05, 4.69) is 0 Å². The van der Waals surface area contributed by atoms with Crippen LogP contribution >= 0.6 is 0 Å². The van der Waals surface area contributed by atoms with Gasteiger partial charge in [-0.25, -0.2) is 0 Å². The SMILES string of the molecule is CCCN(CC(=O)O)C1CC(=O)N2CCCCC12. The second-order valence-corrected chi connectivity index (χ2v) is 5.29. The van der Waals surface area contributed by atoms with Gasteiger partial charge in [0.15, 0.2) is 0 Å². The average Bonchev–Trinajstić information content (AvgIpc) is 2.67. The number of amides is 1. The zero-order valence-electron chi connectivity index (χ0n) is 11.0. The Morgan fingerprint density at radius 1 is 1.50 bits per heavy atom. The lowest BCUT2D eigenvalue weighted by Gasteiger charge is -2.36. The van der Waals surface area contributed by atoms with Crippen molar-refractivity contribution >= 4 is 11.9 Å². The Kier molecular flexibility index (Phi) is 4.22. The Morgan fingerprint density at radius 3 is 2.94 bits per heavy atom. The molecule has 2 saturated heterocycles. The normalized spacial score (nSPS) is 27.7. The quantitative estimate of drug-likeness (QED) is 0.793. The summed E-state index contributed by atoms with van der Waals surface area (Å²) in [6.07, 6.45) is 4.68. The summed E-state index contributed by atoms with van der Waals surface area (Å²) >= 11 is 0. The maximum absolute atomic E-state index is 12.0. The fraction of sp³-hybridized carbons (Fsp3) is 0.846. The molecule has 1 N–H and O–H groups in total. The number of aliphatic carboxylic acids is 1. The van der Waals surface area contributed by atoms with Crippen LogP contribution in [0.1, 0.15) is 39.0 Å². The molecule has 2 aliphatic heterocycles. The molecule has 2 heterocycles. The zero-order chi connectivity index (χ0) is 13.1. The first-order valence-corrected chi connectivity index (χ1v) is 6.88. The van der Waals surface area contributed by atoms with Gasteiger partial charge in [0.1, 0.15) is 0 Å². The molecule has 0 aromatic rings. The van der Waals surface area contributed by atoms with E-state index >= 15 is 0 Å². The minimum Gasteiger partial charge on any atom is -0.480 e. The lowest BCUT2D eigenvalue weighted by atomic mass is 9.97. The van der Waals surface area contributed by atoms with Crippen LogP contribution in [0.25, 0.3) is 0 Å². The fourth-order valence-corrected chi connectivity index (χ4v) is 3.29. The van der Waals surface area contributed by atoms with Crippen molar-refractivity contribution in [2.75, 3.05) is 19.6 Å². The molecule has 0 saturated carbocycles. The number of nitrogens with zero attached hydrogens (tertiary/aromatic N) is 2. The van der Waals surface area contributed by atoms with Gasteiger partial charge in [-0.3, -0.25) is 14.5 Å². The molecule has 0 aromatic carbocycles. The minimum absolute atomic E-state index is 0.0517. The highest BCUT2D eigenvalue weighted by atomic mass is 16.4. The molecule has 2 unspecified atom stereocenters. The van der Waals surface area contributed by atoms with Crippen LogP contribution in [-0.2, 0) is 9.59 Å². The van der Waals surface area contributed by atoms with Gasteiger partial charge >= 0.3 is 5.97 Å². The maximum Gasteiger partial charge on any atom is 0.317 e. The van der Waals surface area contributed by atoms with E-state index in [0.29, 0.717) is 6.42 Å². The first kappa shape index (κ1) is 13.3. The maximum atomic E-state index is 12.0. The topological polar surface area (TPSA) is 60.9 Å². The van der Waals surface area contributed by atoms with Gasteiger partial charge in [0.2, 0.25) is 5.91 Å². The van der Waals surface area contributed by atoms with Gasteiger partial charge in [-0.2, -0.15) is 0 Å². The third-order valence-corrected chi connectivity index (χ3v) is 4.02. The van der Waals surface area contributed by atoms with Gasteiger partial charge in [-0.05, 0) is 32.2 Å². The predicted octanol–water partition coefficient (Wildman–Crippen LogP) is 0.936. The number of carboxylic acids is 1. The second-order valence-electron chi connectivity index (χ2n) is 5.29. The molecule has 0 radical (unpaired) electrons. The lowest BCUT2D eigenvalue weighted by Crippen LogP contribution is -2.49. The van der Waals surface area contributed by atoms with Gasteiger partial charge in [0.25, 0.3) is 0 Å². The molecule has 2 aliphatic rings. The molecule has 5 heteroatoms. The lowest BCUT2D eigenvalue weighted by molar-refractivity contribution is -0.139. The van der Waals surface area contributed by atoms with Crippen molar-refractivity contribution in [2.45, 2.75) is 51.1 Å². The minimum atomic E-state index is -0.801. The van der Waals surface area contributed by atoms with Crippen LogP contribution in [0.15, 0.2) is 0 Å². The van der Waals surface area contributed by atoms with E-state index < -0.39 is 5.97 Å². The van der Waals surface area contributed by atoms with Crippen LogP contribution in [0.2, 0.25) is 0 Å². The average molecular weight is 254 g/mol. The number of hydrogen-bond acceptors (Lipinski definition) is 3. The van der Waals surface area contributed by atoms with Crippen molar-refractivity contribution < 1.29 is 14.7 Å². The van der Waals surface area contributed by atoms with Crippen molar-refractivity contribution in [2.24, 2.45) is 0 Å². The Balaban J connectivity index is 2.09. The molecule has 102 valence electrons. The van der Waals surface area contributed by atoms with E-state index in [-0.39, 0.29) is 24.5 Å². The standard InChI is InChI=1S/C13H22N2O3/c1-2-6-14(9-13(17)18)11-8-12(16)15-7-4-3-5-10(11)15/h10-11H,2-9H2,1H3,(H,17,18). The molecule has 18 heavy (non-hydrogen) atoms. The van der Waals surface area contributed by atoms with Crippen LogP contribution < -0.4 is 0 Å². The number of carbonyl (C=O) groups is 2. The molecule has 2 rings (SSSR count). The molecule has 1 amide bonds. The molecule has 2 atom stereocenters. The fourth-order valence-electron chi connectivity index (χ4n) is 3.29. The van der Waals surface area contributed by atoms with E-state index in [1.54, 1.807) is 0 Å². The first-order chi connectivity index (χ1) is 8.63. The third-order valence-electron chi connectivity index (χ3n) is 4.02. The van der Waals surface area contributed by atoms with Gasteiger partial charge in [-0.1, -0.05) is 6.92 Å². The second kappa shape index (κ2) is 5.69. The molecule has 5 nitrogen and oxygen atoms in total. The van der Waals surface area contributed by atoms with E-state index in [4.69, 9.17) is 5.11 Å². The molecule has 2 fully saturated rings. The smallest absolute Gasteiger partial charge is 0.317 e. The summed E-state index contributed by atoms with van der Waals surface area (Å²) < 4.78 is 0. The number of carbonyl (C=O) groups excluding carboxylic acids is 1. The van der Waals surface area contributed by atoms with E-state index in [9.17, 15) is 9.59 Å². The Hall–Kier alpha value is -1.10. The highest BCUT2D eigenvalue weighted by molar-refractivity contribution is 5.80. The summed E-state index contributed by atoms with van der Waals surface area (Å²) in [6.45, 7) is 3.71. The summed E-state index contributed by atoms with van der Waals surface area (Å²) in [5, 5.41) is 8.99. The highest BCUT2D eigenvalue weighted by Crippen LogP contribution is 2.31. The monoisotopic (exact) mass is 254 g/mol. The predicted molar refractivity (Wildman–Crippen MR) is 67.3 cm³/mol. The largest absolute Gasteiger partial charge is 0.480 e. The van der Waals surface area contributed by atoms with Crippen molar-refractivity contribution in [3.05, 3.63) is 0 Å². The Morgan fingerprint density at radius 2 is 2.28 bits per heavy atom. The molecule has 0 bridgehead atoms. The Bertz CT molecular complexity index is 332. The summed E-state index contributed by atoms with van der Waals surface area (Å²) in [5.74, 6) is -0.596. The number of rotatable bonds is 5. The summed E-state index contributed by atoms with van der Waals surface area (Å²) in [5.41, 5.74) is 0. The van der Waals surface area contributed by atoms with Crippen molar-refractivity contribution in [3.8, 4) is 0 Å². The van der Waals surface area contributed by atoms with Crippen LogP contribution in [-0.4, -0.2) is 58.5 Å². The molecule has 0 aromatic heterocycles. The van der Waals surface area contributed by atoms with Crippen molar-refractivity contribution in [1.82, 2.24) is 9.80 Å². The van der Waals surface area contributed by atoms with E-state index in [1.807, 2.05) is 16.7 Å². The zero-order valence-corrected chi connectivity index (χ0v) is 11.0. The van der Waals surface area contributed by atoms with Gasteiger partial charge in [0, 0.05) is 25.0 Å². The summed E-state index contributed by atoms with van der Waals surface area (Å²) in [4.78, 5) is 26.9. The number of hydrogen-bond donors (Lipinski definition) is 1. The number of fused-ring (bicyclic) bond motifs is 1. The molecular formula is C13H22N2O3. The van der Waals surface area contributed by atoms with Gasteiger partial charge in [0.05, 0.1) is 6.54 Å². The van der Waals surface area contributed by atoms with E-state index in [0.717, 1.165) is 38.8 Å². The van der Waals surface area contributed by atoms with Gasteiger partial charge < -0.3 is 10.0 Å². The highest BCUT2D eigenvalue weighted by Gasteiger charge is 2.43. The number of piperidine rings is 1. The summed E-state index contributed by atoms with van der Waals surface area (Å²) in [7, 11) is 0. The van der Waals surface area contributed by atoms with Crippen LogP contribution in [0.5, 0.6) is 0 Å². The summed E-state index contributed by atoms with van der Waals surface area (Å²) in [6, 6.07) is 0.353. The first-order valence-electron chi connectivity index (χ1n) is 6.88. The van der Waals surface area contributed by atoms with Crippen LogP contribution in [0.3, 0.4) is 0 Å². The van der Waals surface area contributed by atoms with E-state index in [1.165, 1.54) is 0 Å². The van der Waals surface area contributed by atoms with Crippen molar-refractivity contribution in [1.29, 1.82) is 0 Å². The van der Waals surface area contributed by atoms with Crippen LogP contribution in [0, 0.1) is 0 Å². The Labute approximate surface area is 108 Å². The number of carboxylic acid groups (broad SMARTS) is 1. The molecular weight excluding hydrogens is 232 g/mol. The van der Waals surface area contributed by atoms with Gasteiger partial charge in [-0.15, -0.1) is 0 Å². The molecule has 0 spiro atoms.